The van der Waals surface area contributed by atoms with Crippen LogP contribution in [0.4, 0.5) is 14.5 Å². The molecule has 3 aromatic rings. The number of carbonyl (C=O) groups is 2. The normalized spacial score (nSPS) is 19.4. The minimum absolute atomic E-state index is 0.0290. The molecule has 0 bridgehead atoms. The quantitative estimate of drug-likeness (QED) is 0.144. The van der Waals surface area contributed by atoms with Gasteiger partial charge in [0.05, 0.1) is 24.2 Å². The highest BCUT2D eigenvalue weighted by Crippen LogP contribution is 2.41. The van der Waals surface area contributed by atoms with Crippen LogP contribution in [0.15, 0.2) is 47.6 Å². The zero-order valence-electron chi connectivity index (χ0n) is 23.3. The number of aliphatic imine (C=N–C) groups is 1. The lowest BCUT2D eigenvalue weighted by Gasteiger charge is -2.28. The summed E-state index contributed by atoms with van der Waals surface area (Å²) in [5, 5.41) is 40.1. The van der Waals surface area contributed by atoms with E-state index in [0.717, 1.165) is 0 Å². The second kappa shape index (κ2) is 11.7. The average molecular weight is 611 g/mol. The molecule has 44 heavy (non-hydrogen) atoms. The summed E-state index contributed by atoms with van der Waals surface area (Å²) in [5.41, 5.74) is 4.71. The number of carboxylic acid groups (broad SMARTS) is 2. The number of aromatic hydroxyl groups is 1. The van der Waals surface area contributed by atoms with Crippen molar-refractivity contribution in [2.45, 2.75) is 24.8 Å². The van der Waals surface area contributed by atoms with Crippen LogP contribution in [0.25, 0.3) is 0 Å². The highest BCUT2D eigenvalue weighted by atomic mass is 19.1. The van der Waals surface area contributed by atoms with Crippen LogP contribution in [-0.4, -0.2) is 74.5 Å². The Bertz CT molecular complexity index is 1700. The average Bonchev–Trinajstić information content (AvgIpc) is 3.61. The molecule has 1 fully saturated rings. The monoisotopic (exact) mass is 610 g/mol. The molecular formula is C29H28F2N6O7. The van der Waals surface area contributed by atoms with Gasteiger partial charge in [-0.1, -0.05) is 0 Å². The molecule has 0 amide bonds. The predicted octanol–water partition coefficient (Wildman–Crippen LogP) is 3.75. The third-order valence-electron chi connectivity index (χ3n) is 7.52. The van der Waals surface area contributed by atoms with Gasteiger partial charge in [-0.25, -0.2) is 14.2 Å². The zero-order chi connectivity index (χ0) is 31.8. The van der Waals surface area contributed by atoms with Gasteiger partial charge >= 0.3 is 11.9 Å². The van der Waals surface area contributed by atoms with Crippen molar-refractivity contribution in [2.24, 2.45) is 16.6 Å². The first-order valence-electron chi connectivity index (χ1n) is 13.4. The fourth-order valence-corrected chi connectivity index (χ4v) is 5.16. The standard InChI is InChI=1S/C29H28F2N6O7/c1-37-9-8-34-25(37)17-11-16(36-29(28(41)42)7-6-15(12-29)27(39)40)3-5-20(17)43-23-18(30)13-35-26(22(23)31)44-21-10-14(24(32)33)2-4-19(21)38/h2-5,10-11,13,15,36,38H,6-9,12H2,1H3,(H3,32,33)(H,39,40)(H,41,42). The molecule has 2 heterocycles. The maximum absolute atomic E-state index is 15.6. The van der Waals surface area contributed by atoms with Crippen LogP contribution >= 0.6 is 0 Å². The number of halogens is 2. The number of anilines is 1. The van der Waals surface area contributed by atoms with Crippen LogP contribution in [-0.2, 0) is 9.59 Å². The maximum atomic E-state index is 15.6. The summed E-state index contributed by atoms with van der Waals surface area (Å²) in [5.74, 6) is -7.85. The van der Waals surface area contributed by atoms with Crippen LogP contribution in [0.1, 0.15) is 30.4 Å². The molecule has 1 aromatic heterocycles. The van der Waals surface area contributed by atoms with Crippen LogP contribution < -0.4 is 20.5 Å². The van der Waals surface area contributed by atoms with Gasteiger partial charge in [-0.05, 0) is 55.7 Å². The number of aliphatic carboxylic acids is 2. The molecule has 2 atom stereocenters. The molecule has 5 rings (SSSR count). The summed E-state index contributed by atoms with van der Waals surface area (Å²) in [6, 6.07) is 8.08. The Balaban J connectivity index is 1.50. The van der Waals surface area contributed by atoms with E-state index in [-0.39, 0.29) is 47.7 Å². The van der Waals surface area contributed by atoms with Crippen molar-refractivity contribution in [3.8, 4) is 28.9 Å². The van der Waals surface area contributed by atoms with Crippen LogP contribution in [0, 0.1) is 23.0 Å². The van der Waals surface area contributed by atoms with E-state index < -0.39 is 52.4 Å². The topological polar surface area (TPSA) is 204 Å². The Labute approximate surface area is 249 Å². The molecule has 0 radical (unpaired) electrons. The lowest BCUT2D eigenvalue weighted by molar-refractivity contribution is -0.143. The molecule has 230 valence electrons. The van der Waals surface area contributed by atoms with Crippen molar-refractivity contribution < 1.29 is 43.2 Å². The van der Waals surface area contributed by atoms with Crippen LogP contribution in [0.2, 0.25) is 0 Å². The van der Waals surface area contributed by atoms with Gasteiger partial charge < -0.3 is 40.7 Å². The number of ether oxygens (including phenoxy) is 2. The van der Waals surface area contributed by atoms with E-state index in [0.29, 0.717) is 30.8 Å². The number of phenolic OH excluding ortho intramolecular Hbond substituents is 1. The summed E-state index contributed by atoms with van der Waals surface area (Å²) in [6.45, 7) is 0.978. The molecule has 15 heteroatoms. The number of likely N-dealkylation sites (N-methyl/N-ethyl adjacent to an activating group) is 1. The van der Waals surface area contributed by atoms with Gasteiger partial charge in [0.15, 0.2) is 17.3 Å². The van der Waals surface area contributed by atoms with Crippen molar-refractivity contribution >= 4 is 29.3 Å². The van der Waals surface area contributed by atoms with E-state index >= 15 is 4.39 Å². The number of nitrogens with one attached hydrogen (secondary N) is 2. The number of nitrogens with zero attached hydrogens (tertiary/aromatic N) is 3. The van der Waals surface area contributed by atoms with E-state index in [1.807, 2.05) is 0 Å². The van der Waals surface area contributed by atoms with Crippen molar-refractivity contribution in [1.29, 1.82) is 5.41 Å². The fourth-order valence-electron chi connectivity index (χ4n) is 5.16. The van der Waals surface area contributed by atoms with Crippen molar-refractivity contribution in [1.82, 2.24) is 9.88 Å². The molecule has 2 aliphatic rings. The Morgan fingerprint density at radius 3 is 2.57 bits per heavy atom. The van der Waals surface area contributed by atoms with Gasteiger partial charge in [0.25, 0.3) is 5.88 Å². The Kier molecular flexibility index (Phi) is 7.95. The minimum Gasteiger partial charge on any atom is -0.504 e. The number of pyridine rings is 1. The third kappa shape index (κ3) is 5.75. The molecular weight excluding hydrogens is 582 g/mol. The van der Waals surface area contributed by atoms with Gasteiger partial charge in [0, 0.05) is 24.8 Å². The van der Waals surface area contributed by atoms with Gasteiger partial charge in [-0.2, -0.15) is 4.39 Å². The smallest absolute Gasteiger partial charge is 0.329 e. The largest absolute Gasteiger partial charge is 0.504 e. The maximum Gasteiger partial charge on any atom is 0.329 e. The zero-order valence-corrected chi connectivity index (χ0v) is 23.3. The number of rotatable bonds is 10. The third-order valence-corrected chi connectivity index (χ3v) is 7.52. The summed E-state index contributed by atoms with van der Waals surface area (Å²) in [6.07, 6.45) is 0.798. The number of carboxylic acids is 2. The fraction of sp³-hybridized carbons (Fsp3) is 0.276. The molecule has 1 aliphatic heterocycles. The minimum atomic E-state index is -1.53. The molecule has 2 unspecified atom stereocenters. The van der Waals surface area contributed by atoms with E-state index in [1.165, 1.54) is 36.4 Å². The second-order valence-electron chi connectivity index (χ2n) is 10.5. The first-order chi connectivity index (χ1) is 20.9. The summed E-state index contributed by atoms with van der Waals surface area (Å²) < 4.78 is 41.7. The number of hydrogen-bond acceptors (Lipinski definition) is 10. The molecule has 0 spiro atoms. The molecule has 1 aliphatic carbocycles. The van der Waals surface area contributed by atoms with E-state index in [4.69, 9.17) is 20.6 Å². The number of nitrogens with two attached hydrogens (primary N) is 1. The Hall–Kier alpha value is -5.47. The predicted molar refractivity (Wildman–Crippen MR) is 153 cm³/mol. The molecule has 0 saturated heterocycles. The lowest BCUT2D eigenvalue weighted by Crippen LogP contribution is -2.44. The van der Waals surface area contributed by atoms with E-state index in [2.05, 4.69) is 15.3 Å². The van der Waals surface area contributed by atoms with E-state index in [9.17, 15) is 29.3 Å². The number of phenols is 1. The number of nitrogen functional groups attached to an aromatic ring is 1. The Morgan fingerprint density at radius 2 is 1.93 bits per heavy atom. The lowest BCUT2D eigenvalue weighted by atomic mass is 9.95. The first-order valence-corrected chi connectivity index (χ1v) is 13.4. The number of hydrogen-bond donors (Lipinski definition) is 6. The molecule has 13 nitrogen and oxygen atoms in total. The second-order valence-corrected chi connectivity index (χ2v) is 10.5. The highest BCUT2D eigenvalue weighted by molar-refractivity contribution is 6.03. The summed E-state index contributed by atoms with van der Waals surface area (Å²) in [4.78, 5) is 33.7. The van der Waals surface area contributed by atoms with Gasteiger partial charge in [-0.15, -0.1) is 0 Å². The molecule has 1 saturated carbocycles. The van der Waals surface area contributed by atoms with Gasteiger partial charge in [0.2, 0.25) is 11.6 Å². The number of benzene rings is 2. The number of amidine groups is 2. The van der Waals surface area contributed by atoms with Gasteiger partial charge in [0.1, 0.15) is 23.0 Å². The van der Waals surface area contributed by atoms with Crippen molar-refractivity contribution in [3.63, 3.8) is 0 Å². The van der Waals surface area contributed by atoms with Crippen molar-refractivity contribution in [2.75, 3.05) is 25.5 Å². The van der Waals surface area contributed by atoms with E-state index in [1.54, 1.807) is 11.9 Å². The van der Waals surface area contributed by atoms with Gasteiger partial charge in [-0.3, -0.25) is 15.2 Å². The first kappa shape index (κ1) is 30.0. The Morgan fingerprint density at radius 1 is 1.16 bits per heavy atom. The van der Waals surface area contributed by atoms with Crippen LogP contribution in [0.3, 0.4) is 0 Å². The summed E-state index contributed by atoms with van der Waals surface area (Å²) in [7, 11) is 1.75. The van der Waals surface area contributed by atoms with Crippen molar-refractivity contribution in [3.05, 3.63) is 65.4 Å². The van der Waals surface area contributed by atoms with Crippen LogP contribution in [0.5, 0.6) is 28.9 Å². The molecule has 2 aromatic carbocycles. The molecule has 7 N–H and O–H groups in total. The summed E-state index contributed by atoms with van der Waals surface area (Å²) >= 11 is 0. The highest BCUT2D eigenvalue weighted by Gasteiger charge is 2.48. The SMILES string of the molecule is CN1CCN=C1c1cc(NC2(C(=O)O)CCC(C(=O)O)C2)ccc1Oc1c(F)cnc(Oc2cc(C(=N)N)ccc2O)c1F. The number of aromatic nitrogens is 1.